The monoisotopic (exact) mass is 772 g/mol. The van der Waals surface area contributed by atoms with Crippen LogP contribution in [0.2, 0.25) is 0 Å². The molecule has 6 aromatic carbocycles. The highest BCUT2D eigenvalue weighted by molar-refractivity contribution is 8.14. The normalized spacial score (nSPS) is 17.0. The zero-order chi connectivity index (χ0) is 38.7. The highest BCUT2D eigenvalue weighted by atomic mass is 32.2. The second-order valence-corrected chi connectivity index (χ2v) is 15.8. The van der Waals surface area contributed by atoms with Gasteiger partial charge in [-0.3, -0.25) is 9.80 Å². The van der Waals surface area contributed by atoms with Crippen molar-refractivity contribution in [1.82, 2.24) is 0 Å². The lowest BCUT2D eigenvalue weighted by molar-refractivity contribution is 0.906. The molecule has 0 radical (unpaired) electrons. The third-order valence-corrected chi connectivity index (χ3v) is 11.5. The largest absolute Gasteiger partial charge is 0.327 e. The van der Waals surface area contributed by atoms with E-state index in [4.69, 9.17) is 9.98 Å². The molecule has 6 nitrogen and oxygen atoms in total. The molecule has 1 aliphatic rings. The lowest BCUT2D eigenvalue weighted by Crippen LogP contribution is -2.46. The predicted molar refractivity (Wildman–Crippen MR) is 245 cm³/mol. The summed E-state index contributed by atoms with van der Waals surface area (Å²) in [5.74, 6) is 3.65. The molecular weight excluding hydrogens is 725 g/mol. The Morgan fingerprint density at radius 1 is 0.429 bits per heavy atom. The van der Waals surface area contributed by atoms with Crippen molar-refractivity contribution in [2.24, 2.45) is 9.98 Å². The Balaban J connectivity index is 1.66. The third kappa shape index (κ3) is 9.39. The van der Waals surface area contributed by atoms with Crippen molar-refractivity contribution < 1.29 is 0 Å². The van der Waals surface area contributed by atoms with Gasteiger partial charge in [0, 0.05) is 48.4 Å². The van der Waals surface area contributed by atoms with Gasteiger partial charge in [0.15, 0.2) is 22.0 Å². The first-order chi connectivity index (χ1) is 27.5. The SMILES string of the molecule is Cc1ccc(N2C(=Nc3ccccc3)SCCCCSC(=Nc3ccccc3)N(c3ccc(C)cc3)/C(N(C)c3ccccc3)=C\2N(C)c2ccccc2)cc1. The summed E-state index contributed by atoms with van der Waals surface area (Å²) in [5.41, 5.74) is 8.26. The Bertz CT molecular complexity index is 2080. The summed E-state index contributed by atoms with van der Waals surface area (Å²) in [6, 6.07) is 59.4. The van der Waals surface area contributed by atoms with Gasteiger partial charge in [0.25, 0.3) is 0 Å². The van der Waals surface area contributed by atoms with E-state index in [1.165, 1.54) is 11.1 Å². The third-order valence-electron chi connectivity index (χ3n) is 9.48. The van der Waals surface area contributed by atoms with E-state index in [1.807, 2.05) is 12.1 Å². The molecule has 0 saturated carbocycles. The second-order valence-electron chi connectivity index (χ2n) is 13.6. The topological polar surface area (TPSA) is 37.7 Å². The molecular formula is C48H48N6S2. The number of thioether (sulfide) groups is 2. The molecule has 1 heterocycles. The van der Waals surface area contributed by atoms with Crippen LogP contribution in [0.25, 0.3) is 0 Å². The van der Waals surface area contributed by atoms with E-state index >= 15 is 0 Å². The molecule has 8 heteroatoms. The van der Waals surface area contributed by atoms with Gasteiger partial charge in [0.2, 0.25) is 0 Å². The van der Waals surface area contributed by atoms with Crippen LogP contribution in [0.3, 0.4) is 0 Å². The maximum atomic E-state index is 5.49. The van der Waals surface area contributed by atoms with E-state index in [0.717, 1.165) is 80.4 Å². The van der Waals surface area contributed by atoms with Gasteiger partial charge in [-0.1, -0.05) is 132 Å². The molecule has 0 N–H and O–H groups in total. The Morgan fingerprint density at radius 2 is 0.750 bits per heavy atom. The summed E-state index contributed by atoms with van der Waals surface area (Å²) in [4.78, 5) is 20.3. The van der Waals surface area contributed by atoms with Gasteiger partial charge >= 0.3 is 0 Å². The molecule has 0 spiro atoms. The molecule has 0 fully saturated rings. The Morgan fingerprint density at radius 3 is 1.09 bits per heavy atom. The summed E-state index contributed by atoms with van der Waals surface area (Å²) < 4.78 is 0. The molecule has 282 valence electrons. The van der Waals surface area contributed by atoms with Crippen LogP contribution >= 0.6 is 23.5 Å². The molecule has 7 rings (SSSR count). The number of hydrogen-bond acceptors (Lipinski definition) is 6. The number of amidine groups is 2. The average molecular weight is 773 g/mol. The molecule has 0 aliphatic carbocycles. The van der Waals surface area contributed by atoms with E-state index < -0.39 is 0 Å². The Hall–Kier alpha value is -5.70. The lowest BCUT2D eigenvalue weighted by atomic mass is 10.2. The van der Waals surface area contributed by atoms with Crippen molar-refractivity contribution in [3.63, 3.8) is 0 Å². The van der Waals surface area contributed by atoms with E-state index in [-0.39, 0.29) is 0 Å². The van der Waals surface area contributed by atoms with Crippen LogP contribution in [-0.4, -0.2) is 35.9 Å². The smallest absolute Gasteiger partial charge is 0.174 e. The van der Waals surface area contributed by atoms with Gasteiger partial charge in [0.1, 0.15) is 0 Å². The van der Waals surface area contributed by atoms with Gasteiger partial charge < -0.3 is 9.80 Å². The summed E-state index contributed by atoms with van der Waals surface area (Å²) in [6.45, 7) is 4.27. The van der Waals surface area contributed by atoms with E-state index in [9.17, 15) is 0 Å². The number of aliphatic imine (C=N–C) groups is 2. The number of benzene rings is 6. The summed E-state index contributed by atoms with van der Waals surface area (Å²) in [7, 11) is 4.33. The molecule has 56 heavy (non-hydrogen) atoms. The summed E-state index contributed by atoms with van der Waals surface area (Å²) in [5, 5.41) is 1.77. The average Bonchev–Trinajstić information content (AvgIpc) is 3.24. The van der Waals surface area contributed by atoms with Crippen molar-refractivity contribution in [2.45, 2.75) is 26.7 Å². The fraction of sp³-hybridized carbons (Fsp3) is 0.167. The van der Waals surface area contributed by atoms with E-state index in [1.54, 1.807) is 23.5 Å². The highest BCUT2D eigenvalue weighted by Crippen LogP contribution is 2.39. The number of rotatable bonds is 8. The number of anilines is 4. The number of hydrogen-bond donors (Lipinski definition) is 0. The van der Waals surface area contributed by atoms with Crippen LogP contribution in [0, 0.1) is 13.8 Å². The molecule has 1 aliphatic heterocycles. The molecule has 6 aromatic rings. The van der Waals surface area contributed by atoms with Crippen molar-refractivity contribution >= 4 is 68.0 Å². The maximum Gasteiger partial charge on any atom is 0.174 e. The van der Waals surface area contributed by atoms with Crippen LogP contribution in [0.15, 0.2) is 191 Å². The Labute approximate surface area is 340 Å². The van der Waals surface area contributed by atoms with Crippen LogP contribution < -0.4 is 19.6 Å². The van der Waals surface area contributed by atoms with E-state index in [2.05, 4.69) is 205 Å². The van der Waals surface area contributed by atoms with Crippen LogP contribution in [0.1, 0.15) is 24.0 Å². The number of para-hydroxylation sites is 4. The van der Waals surface area contributed by atoms with Crippen LogP contribution in [0.4, 0.5) is 34.1 Å². The number of nitrogens with zero attached hydrogens (tertiary/aromatic N) is 6. The van der Waals surface area contributed by atoms with Crippen molar-refractivity contribution in [1.29, 1.82) is 0 Å². The highest BCUT2D eigenvalue weighted by Gasteiger charge is 2.35. The lowest BCUT2D eigenvalue weighted by Gasteiger charge is -2.42. The fourth-order valence-electron chi connectivity index (χ4n) is 6.43. The van der Waals surface area contributed by atoms with Crippen molar-refractivity contribution in [3.8, 4) is 0 Å². The summed E-state index contributed by atoms with van der Waals surface area (Å²) in [6.07, 6.45) is 2.06. The van der Waals surface area contributed by atoms with Gasteiger partial charge in [-0.15, -0.1) is 0 Å². The fourth-order valence-corrected chi connectivity index (χ4v) is 8.48. The van der Waals surface area contributed by atoms with Gasteiger partial charge in [-0.25, -0.2) is 9.98 Å². The molecule has 0 aromatic heterocycles. The molecule has 0 unspecified atom stereocenters. The molecule has 0 bridgehead atoms. The minimum Gasteiger partial charge on any atom is -0.327 e. The predicted octanol–water partition coefficient (Wildman–Crippen LogP) is 12.7. The minimum absolute atomic E-state index is 0.885. The van der Waals surface area contributed by atoms with Gasteiger partial charge in [-0.2, -0.15) is 0 Å². The first-order valence-corrected chi connectivity index (χ1v) is 21.0. The maximum absolute atomic E-state index is 5.49. The zero-order valence-corrected chi connectivity index (χ0v) is 34.1. The quantitative estimate of drug-likeness (QED) is 0.153. The Kier molecular flexibility index (Phi) is 12.9. The molecule has 0 atom stereocenters. The van der Waals surface area contributed by atoms with Crippen molar-refractivity contribution in [2.75, 3.05) is 45.2 Å². The zero-order valence-electron chi connectivity index (χ0n) is 32.5. The molecule has 0 saturated heterocycles. The summed E-state index contributed by atoms with van der Waals surface area (Å²) >= 11 is 3.61. The van der Waals surface area contributed by atoms with E-state index in [0.29, 0.717) is 0 Å². The standard InChI is InChI=1S/C48H48N6S2/c1-37-27-31-43(32-28-37)53-45(51(3)41-23-13-7-14-24-41)46(52(4)42-25-15-8-16-26-42)54(44-33-29-38(2)30-34-44)48(50-40-21-11-6-12-22-40)56-36-18-17-35-55-47(53)49-39-19-9-5-10-20-39/h5-16,19-34H,17-18,35-36H2,1-4H3/b46-45-,49-47?,50-48?. The first-order valence-electron chi connectivity index (χ1n) is 19.0. The number of aryl methyl sites for hydroxylation is 2. The minimum atomic E-state index is 0.885. The molecule has 0 amide bonds. The first kappa shape index (κ1) is 38.6. The second kappa shape index (κ2) is 18.8. The van der Waals surface area contributed by atoms with Crippen molar-refractivity contribution in [3.05, 3.63) is 193 Å². The van der Waals surface area contributed by atoms with Gasteiger partial charge in [0.05, 0.1) is 11.4 Å². The van der Waals surface area contributed by atoms with Crippen LogP contribution in [0.5, 0.6) is 0 Å². The van der Waals surface area contributed by atoms with Crippen LogP contribution in [-0.2, 0) is 0 Å². The van der Waals surface area contributed by atoms with Gasteiger partial charge in [-0.05, 0) is 99.5 Å².